The standard InChI is InChI=1S/C16H19BrF3N3O/c1-21-5-7-22(8-6-21)14-10-13-11(9-12(14)17)3-2-4-23(13)15(24)16(18,19)20/h9-10H,2-8H2,1H3. The van der Waals surface area contributed by atoms with Crippen LogP contribution in [0.1, 0.15) is 12.0 Å². The number of anilines is 2. The summed E-state index contributed by atoms with van der Waals surface area (Å²) in [5, 5.41) is 0. The van der Waals surface area contributed by atoms with E-state index in [0.717, 1.165) is 46.8 Å². The Morgan fingerprint density at radius 1 is 1.08 bits per heavy atom. The number of likely N-dealkylation sites (N-methyl/N-ethyl adjacent to an activating group) is 1. The van der Waals surface area contributed by atoms with Crippen molar-refractivity contribution in [2.45, 2.75) is 19.0 Å². The van der Waals surface area contributed by atoms with Gasteiger partial charge in [0.15, 0.2) is 0 Å². The number of fused-ring (bicyclic) bond motifs is 1. The van der Waals surface area contributed by atoms with Crippen molar-refractivity contribution in [2.24, 2.45) is 0 Å². The minimum absolute atomic E-state index is 0.106. The third-order valence-corrected chi connectivity index (χ3v) is 5.23. The molecule has 24 heavy (non-hydrogen) atoms. The summed E-state index contributed by atoms with van der Waals surface area (Å²) >= 11 is 3.54. The predicted molar refractivity (Wildman–Crippen MR) is 90.6 cm³/mol. The maximum Gasteiger partial charge on any atom is 0.471 e. The van der Waals surface area contributed by atoms with Gasteiger partial charge in [-0.05, 0) is 53.5 Å². The number of nitrogens with zero attached hydrogens (tertiary/aromatic N) is 3. The number of benzene rings is 1. The molecule has 0 N–H and O–H groups in total. The normalized spacial score (nSPS) is 19.4. The molecule has 8 heteroatoms. The summed E-state index contributed by atoms with van der Waals surface area (Å²) in [6.07, 6.45) is -3.64. The van der Waals surface area contributed by atoms with Crippen LogP contribution < -0.4 is 9.80 Å². The van der Waals surface area contributed by atoms with Gasteiger partial charge in [0.05, 0.1) is 5.69 Å². The van der Waals surface area contributed by atoms with Crippen LogP contribution in [0.3, 0.4) is 0 Å². The molecule has 1 saturated heterocycles. The third kappa shape index (κ3) is 3.39. The maximum atomic E-state index is 12.9. The minimum Gasteiger partial charge on any atom is -0.368 e. The lowest BCUT2D eigenvalue weighted by Crippen LogP contribution is -2.45. The number of piperazine rings is 1. The number of rotatable bonds is 1. The van der Waals surface area contributed by atoms with Crippen molar-refractivity contribution in [3.63, 3.8) is 0 Å². The van der Waals surface area contributed by atoms with E-state index in [-0.39, 0.29) is 6.54 Å². The zero-order valence-corrected chi connectivity index (χ0v) is 15.0. The third-order valence-electron chi connectivity index (χ3n) is 4.60. The van der Waals surface area contributed by atoms with Gasteiger partial charge >= 0.3 is 12.1 Å². The molecule has 2 aliphatic heterocycles. The summed E-state index contributed by atoms with van der Waals surface area (Å²) in [5.41, 5.74) is 2.02. The number of carbonyl (C=O) groups is 1. The highest BCUT2D eigenvalue weighted by atomic mass is 79.9. The highest BCUT2D eigenvalue weighted by molar-refractivity contribution is 9.10. The van der Waals surface area contributed by atoms with E-state index in [4.69, 9.17) is 0 Å². The molecule has 132 valence electrons. The van der Waals surface area contributed by atoms with Crippen molar-refractivity contribution in [2.75, 3.05) is 49.6 Å². The van der Waals surface area contributed by atoms with Crippen molar-refractivity contribution in [3.8, 4) is 0 Å². The number of aryl methyl sites for hydroxylation is 1. The number of amides is 1. The molecule has 2 aliphatic rings. The van der Waals surface area contributed by atoms with Crippen LogP contribution in [0.25, 0.3) is 0 Å². The second-order valence-electron chi connectivity index (χ2n) is 6.28. The van der Waals surface area contributed by atoms with E-state index in [2.05, 4.69) is 25.7 Å². The molecule has 1 aromatic carbocycles. The molecule has 0 bridgehead atoms. The van der Waals surface area contributed by atoms with Gasteiger partial charge in [0.1, 0.15) is 0 Å². The average Bonchev–Trinajstić information content (AvgIpc) is 2.53. The number of hydrogen-bond acceptors (Lipinski definition) is 3. The van der Waals surface area contributed by atoms with E-state index in [9.17, 15) is 18.0 Å². The maximum absolute atomic E-state index is 12.9. The van der Waals surface area contributed by atoms with E-state index in [0.29, 0.717) is 18.5 Å². The molecule has 0 radical (unpaired) electrons. The Labute approximate surface area is 147 Å². The zero-order valence-electron chi connectivity index (χ0n) is 13.4. The summed E-state index contributed by atoms with van der Waals surface area (Å²) in [7, 11) is 2.04. The molecule has 1 fully saturated rings. The Morgan fingerprint density at radius 3 is 2.38 bits per heavy atom. The molecule has 3 rings (SSSR count). The SMILES string of the molecule is CN1CCN(c2cc3c(cc2Br)CCCN3C(=O)C(F)(F)F)CC1. The van der Waals surface area contributed by atoms with Gasteiger partial charge in [-0.1, -0.05) is 0 Å². The van der Waals surface area contributed by atoms with Crippen LogP contribution in [0.15, 0.2) is 16.6 Å². The summed E-state index contributed by atoms with van der Waals surface area (Å²) in [6, 6.07) is 3.59. The molecular weight excluding hydrogens is 387 g/mol. The van der Waals surface area contributed by atoms with E-state index in [1.807, 2.05) is 13.1 Å². The lowest BCUT2D eigenvalue weighted by Gasteiger charge is -2.36. The summed E-state index contributed by atoms with van der Waals surface area (Å²) < 4.78 is 39.5. The molecule has 0 unspecified atom stereocenters. The fourth-order valence-corrected chi connectivity index (χ4v) is 3.89. The monoisotopic (exact) mass is 405 g/mol. The number of alkyl halides is 3. The van der Waals surface area contributed by atoms with Crippen molar-refractivity contribution in [3.05, 3.63) is 22.2 Å². The summed E-state index contributed by atoms with van der Waals surface area (Å²) in [4.78, 5) is 17.0. The molecule has 0 aliphatic carbocycles. The summed E-state index contributed by atoms with van der Waals surface area (Å²) in [5.74, 6) is -1.78. The summed E-state index contributed by atoms with van der Waals surface area (Å²) in [6.45, 7) is 3.51. The van der Waals surface area contributed by atoms with Gasteiger partial charge in [-0.25, -0.2) is 0 Å². The zero-order chi connectivity index (χ0) is 17.5. The smallest absolute Gasteiger partial charge is 0.368 e. The fraction of sp³-hybridized carbons (Fsp3) is 0.562. The first-order valence-electron chi connectivity index (χ1n) is 7.92. The van der Waals surface area contributed by atoms with Gasteiger partial charge in [-0.3, -0.25) is 4.79 Å². The Balaban J connectivity index is 1.96. The van der Waals surface area contributed by atoms with Gasteiger partial charge in [-0.2, -0.15) is 13.2 Å². The van der Waals surface area contributed by atoms with Crippen LogP contribution in [-0.4, -0.2) is 56.8 Å². The molecule has 2 heterocycles. The van der Waals surface area contributed by atoms with Crippen LogP contribution >= 0.6 is 15.9 Å². The number of carbonyl (C=O) groups excluding carboxylic acids is 1. The molecule has 0 aromatic heterocycles. The molecule has 0 spiro atoms. The fourth-order valence-electron chi connectivity index (χ4n) is 3.25. The first-order valence-corrected chi connectivity index (χ1v) is 8.71. The van der Waals surface area contributed by atoms with E-state index in [1.54, 1.807) is 6.07 Å². The quantitative estimate of drug-likeness (QED) is 0.718. The highest BCUT2D eigenvalue weighted by Gasteiger charge is 2.44. The first-order chi connectivity index (χ1) is 11.3. The van der Waals surface area contributed by atoms with Crippen molar-refractivity contribution in [1.29, 1.82) is 0 Å². The van der Waals surface area contributed by atoms with Crippen molar-refractivity contribution in [1.82, 2.24) is 4.90 Å². The molecule has 1 amide bonds. The predicted octanol–water partition coefficient (Wildman–Crippen LogP) is 3.04. The van der Waals surface area contributed by atoms with Crippen LogP contribution in [0.5, 0.6) is 0 Å². The number of hydrogen-bond donors (Lipinski definition) is 0. The second-order valence-corrected chi connectivity index (χ2v) is 7.14. The van der Waals surface area contributed by atoms with E-state index >= 15 is 0 Å². The van der Waals surface area contributed by atoms with E-state index in [1.165, 1.54) is 0 Å². The first kappa shape index (κ1) is 17.5. The average molecular weight is 406 g/mol. The van der Waals surface area contributed by atoms with Crippen LogP contribution in [0.4, 0.5) is 24.5 Å². The van der Waals surface area contributed by atoms with Crippen LogP contribution in [-0.2, 0) is 11.2 Å². The Kier molecular flexibility index (Phi) is 4.79. The molecule has 4 nitrogen and oxygen atoms in total. The van der Waals surface area contributed by atoms with Crippen LogP contribution in [0, 0.1) is 0 Å². The van der Waals surface area contributed by atoms with Crippen molar-refractivity contribution < 1.29 is 18.0 Å². The lowest BCUT2D eigenvalue weighted by molar-refractivity contribution is -0.170. The van der Waals surface area contributed by atoms with Crippen LogP contribution in [0.2, 0.25) is 0 Å². The molecule has 0 saturated carbocycles. The molecule has 1 aromatic rings. The second kappa shape index (κ2) is 6.55. The Hall–Kier alpha value is -1.28. The lowest BCUT2D eigenvalue weighted by atomic mass is 10.0. The van der Waals surface area contributed by atoms with Crippen molar-refractivity contribution >= 4 is 33.2 Å². The minimum atomic E-state index is -4.85. The highest BCUT2D eigenvalue weighted by Crippen LogP contribution is 2.38. The largest absolute Gasteiger partial charge is 0.471 e. The Morgan fingerprint density at radius 2 is 1.75 bits per heavy atom. The Bertz CT molecular complexity index is 642. The molecular formula is C16H19BrF3N3O. The van der Waals surface area contributed by atoms with Gasteiger partial charge in [0.25, 0.3) is 0 Å². The van der Waals surface area contributed by atoms with Gasteiger partial charge in [-0.15, -0.1) is 0 Å². The van der Waals surface area contributed by atoms with E-state index < -0.39 is 12.1 Å². The van der Waals surface area contributed by atoms with Gasteiger partial charge < -0.3 is 14.7 Å². The topological polar surface area (TPSA) is 26.8 Å². The van der Waals surface area contributed by atoms with Gasteiger partial charge in [0, 0.05) is 42.9 Å². The molecule has 0 atom stereocenters. The number of halogens is 4. The van der Waals surface area contributed by atoms with Gasteiger partial charge in [0.2, 0.25) is 0 Å².